The van der Waals surface area contributed by atoms with Gasteiger partial charge in [0.2, 0.25) is 6.29 Å². The predicted octanol–water partition coefficient (Wildman–Crippen LogP) is 5.85. The summed E-state index contributed by atoms with van der Waals surface area (Å²) in [7, 11) is 0. The third kappa shape index (κ3) is 12.0. The van der Waals surface area contributed by atoms with Crippen molar-refractivity contribution in [3.63, 3.8) is 0 Å². The van der Waals surface area contributed by atoms with E-state index in [0.717, 1.165) is 19.4 Å². The van der Waals surface area contributed by atoms with Crippen LogP contribution >= 0.6 is 0 Å². The van der Waals surface area contributed by atoms with Crippen molar-refractivity contribution in [1.29, 1.82) is 0 Å². The van der Waals surface area contributed by atoms with E-state index in [9.17, 15) is 9.90 Å². The first-order valence-electron chi connectivity index (χ1n) is 10.9. The van der Waals surface area contributed by atoms with Gasteiger partial charge in [-0.3, -0.25) is 0 Å². The number of hydrogen-bond donors (Lipinski definition) is 1. The summed E-state index contributed by atoms with van der Waals surface area (Å²) in [6.45, 7) is 6.13. The molecule has 5 nitrogen and oxygen atoms in total. The standard InChI is InChI=1S/C23H38O5/c1-3-5-6-7-8-9-10-11-17-26-18-12-19-27-22(4-2)28-23(25)20-13-15-21(24)16-14-20/h13-16,22,24H,3-12,17-19H2,1-2H3. The zero-order valence-corrected chi connectivity index (χ0v) is 17.7. The van der Waals surface area contributed by atoms with Gasteiger partial charge >= 0.3 is 5.97 Å². The van der Waals surface area contributed by atoms with Gasteiger partial charge in [0.25, 0.3) is 0 Å². The lowest BCUT2D eigenvalue weighted by molar-refractivity contribution is -0.114. The fraction of sp³-hybridized carbons (Fsp3) is 0.696. The largest absolute Gasteiger partial charge is 0.508 e. The van der Waals surface area contributed by atoms with Crippen LogP contribution in [0, 0.1) is 0 Å². The van der Waals surface area contributed by atoms with Crippen LogP contribution in [0.2, 0.25) is 0 Å². The van der Waals surface area contributed by atoms with Crippen LogP contribution in [0.1, 0.15) is 88.4 Å². The molecule has 0 aliphatic carbocycles. The highest BCUT2D eigenvalue weighted by molar-refractivity contribution is 5.89. The first kappa shape index (κ1) is 24.4. The number of carbonyl (C=O) groups is 1. The van der Waals surface area contributed by atoms with Gasteiger partial charge in [-0.05, 0) is 37.1 Å². The molecule has 1 aromatic rings. The zero-order chi connectivity index (χ0) is 20.5. The van der Waals surface area contributed by atoms with Crippen molar-refractivity contribution in [1.82, 2.24) is 0 Å². The van der Waals surface area contributed by atoms with Crippen LogP contribution in [-0.2, 0) is 14.2 Å². The number of carbonyl (C=O) groups excluding carboxylic acids is 1. The Morgan fingerprint density at radius 1 is 0.857 bits per heavy atom. The maximum absolute atomic E-state index is 12.1. The van der Waals surface area contributed by atoms with Gasteiger partial charge in [-0.1, -0.05) is 58.8 Å². The Morgan fingerprint density at radius 2 is 1.46 bits per heavy atom. The molecule has 0 saturated carbocycles. The third-order valence-corrected chi connectivity index (χ3v) is 4.55. The van der Waals surface area contributed by atoms with E-state index in [4.69, 9.17) is 14.2 Å². The number of ether oxygens (including phenoxy) is 3. The summed E-state index contributed by atoms with van der Waals surface area (Å²) in [5.41, 5.74) is 0.397. The Balaban J connectivity index is 1.99. The summed E-state index contributed by atoms with van der Waals surface area (Å²) in [4.78, 5) is 12.1. The molecule has 0 fully saturated rings. The molecule has 0 bridgehead atoms. The van der Waals surface area contributed by atoms with Crippen LogP contribution in [-0.4, -0.2) is 37.2 Å². The van der Waals surface area contributed by atoms with Crippen molar-refractivity contribution < 1.29 is 24.1 Å². The molecule has 0 aliphatic heterocycles. The van der Waals surface area contributed by atoms with Crippen LogP contribution in [0.15, 0.2) is 24.3 Å². The summed E-state index contributed by atoms with van der Waals surface area (Å²) >= 11 is 0. The first-order valence-corrected chi connectivity index (χ1v) is 10.9. The van der Waals surface area contributed by atoms with Gasteiger partial charge in [0, 0.05) is 19.6 Å². The SMILES string of the molecule is CCCCCCCCCCOCCCOC(CC)OC(=O)c1ccc(O)cc1. The lowest BCUT2D eigenvalue weighted by Crippen LogP contribution is -2.21. The lowest BCUT2D eigenvalue weighted by Gasteiger charge is -2.17. The molecule has 0 amide bonds. The molecule has 0 radical (unpaired) electrons. The van der Waals surface area contributed by atoms with Crippen molar-refractivity contribution in [3.05, 3.63) is 29.8 Å². The van der Waals surface area contributed by atoms with Crippen molar-refractivity contribution >= 4 is 5.97 Å². The second-order valence-corrected chi connectivity index (χ2v) is 7.10. The smallest absolute Gasteiger partial charge is 0.340 e. The van der Waals surface area contributed by atoms with Gasteiger partial charge in [0.15, 0.2) is 0 Å². The Kier molecular flexibility index (Phi) is 14.3. The van der Waals surface area contributed by atoms with Crippen LogP contribution in [0.4, 0.5) is 0 Å². The van der Waals surface area contributed by atoms with Crippen LogP contribution < -0.4 is 0 Å². The molecule has 0 aromatic heterocycles. The number of aromatic hydroxyl groups is 1. The first-order chi connectivity index (χ1) is 13.7. The maximum atomic E-state index is 12.1. The Bertz CT molecular complexity index is 500. The molecule has 0 heterocycles. The Morgan fingerprint density at radius 3 is 2.11 bits per heavy atom. The highest BCUT2D eigenvalue weighted by atomic mass is 16.7. The summed E-state index contributed by atoms with van der Waals surface area (Å²) in [6, 6.07) is 5.98. The van der Waals surface area contributed by atoms with Gasteiger partial charge in [0.1, 0.15) is 5.75 Å². The van der Waals surface area contributed by atoms with E-state index in [1.807, 2.05) is 6.92 Å². The Hall–Kier alpha value is -1.59. The van der Waals surface area contributed by atoms with Crippen molar-refractivity contribution in [3.8, 4) is 5.75 Å². The molecule has 1 atom stereocenters. The number of hydrogen-bond acceptors (Lipinski definition) is 5. The average Bonchev–Trinajstić information content (AvgIpc) is 2.70. The molecule has 1 rings (SSSR count). The summed E-state index contributed by atoms with van der Waals surface area (Å²) in [6.07, 6.45) is 11.2. The normalized spacial score (nSPS) is 12.1. The van der Waals surface area contributed by atoms with Crippen molar-refractivity contribution in [2.75, 3.05) is 19.8 Å². The van der Waals surface area contributed by atoms with E-state index in [-0.39, 0.29) is 5.75 Å². The van der Waals surface area contributed by atoms with E-state index in [1.54, 1.807) is 0 Å². The molecular formula is C23H38O5. The van der Waals surface area contributed by atoms with Crippen LogP contribution in [0.25, 0.3) is 0 Å². The lowest BCUT2D eigenvalue weighted by atomic mass is 10.1. The van der Waals surface area contributed by atoms with Gasteiger partial charge in [-0.25, -0.2) is 4.79 Å². The molecule has 1 aromatic carbocycles. The summed E-state index contributed by atoms with van der Waals surface area (Å²) in [5, 5.41) is 9.26. The fourth-order valence-corrected chi connectivity index (χ4v) is 2.84. The molecule has 0 aliphatic rings. The van der Waals surface area contributed by atoms with Gasteiger partial charge in [-0.2, -0.15) is 0 Å². The molecule has 5 heteroatoms. The van der Waals surface area contributed by atoms with E-state index in [2.05, 4.69) is 6.92 Å². The molecule has 28 heavy (non-hydrogen) atoms. The second-order valence-electron chi connectivity index (χ2n) is 7.10. The number of phenolic OH excluding ortho intramolecular Hbond substituents is 1. The van der Waals surface area contributed by atoms with E-state index in [0.29, 0.717) is 25.2 Å². The number of unbranched alkanes of at least 4 members (excludes halogenated alkanes) is 7. The van der Waals surface area contributed by atoms with Gasteiger partial charge in [-0.15, -0.1) is 0 Å². The fourth-order valence-electron chi connectivity index (χ4n) is 2.84. The zero-order valence-electron chi connectivity index (χ0n) is 17.7. The topological polar surface area (TPSA) is 65.0 Å². The van der Waals surface area contributed by atoms with E-state index in [1.165, 1.54) is 69.2 Å². The molecule has 1 N–H and O–H groups in total. The van der Waals surface area contributed by atoms with Crippen molar-refractivity contribution in [2.45, 2.75) is 84.3 Å². The van der Waals surface area contributed by atoms with Gasteiger partial charge < -0.3 is 19.3 Å². The number of esters is 1. The molecular weight excluding hydrogens is 356 g/mol. The molecule has 1 unspecified atom stereocenters. The minimum atomic E-state index is -0.561. The minimum Gasteiger partial charge on any atom is -0.508 e. The van der Waals surface area contributed by atoms with E-state index < -0.39 is 12.3 Å². The third-order valence-electron chi connectivity index (χ3n) is 4.55. The number of rotatable bonds is 17. The maximum Gasteiger partial charge on any atom is 0.340 e. The highest BCUT2D eigenvalue weighted by Gasteiger charge is 2.14. The number of benzene rings is 1. The highest BCUT2D eigenvalue weighted by Crippen LogP contribution is 2.13. The Labute approximate surface area is 170 Å². The number of phenols is 1. The summed E-state index contributed by atoms with van der Waals surface area (Å²) < 4.78 is 16.6. The average molecular weight is 395 g/mol. The predicted molar refractivity (Wildman–Crippen MR) is 112 cm³/mol. The van der Waals surface area contributed by atoms with Crippen LogP contribution in [0.5, 0.6) is 5.75 Å². The quantitative estimate of drug-likeness (QED) is 0.204. The van der Waals surface area contributed by atoms with E-state index >= 15 is 0 Å². The summed E-state index contributed by atoms with van der Waals surface area (Å²) in [5.74, 6) is -0.329. The molecule has 0 spiro atoms. The monoisotopic (exact) mass is 394 g/mol. The van der Waals surface area contributed by atoms with Gasteiger partial charge in [0.05, 0.1) is 12.2 Å². The minimum absolute atomic E-state index is 0.117. The second kappa shape index (κ2) is 16.4. The molecule has 0 saturated heterocycles. The van der Waals surface area contributed by atoms with Crippen molar-refractivity contribution in [2.24, 2.45) is 0 Å². The van der Waals surface area contributed by atoms with Crippen LogP contribution in [0.3, 0.4) is 0 Å². The molecule has 160 valence electrons.